The van der Waals surface area contributed by atoms with E-state index in [0.717, 1.165) is 5.56 Å². The molecule has 1 aromatic carbocycles. The fourth-order valence-electron chi connectivity index (χ4n) is 1.24. The Bertz CT molecular complexity index is 427. The summed E-state index contributed by atoms with van der Waals surface area (Å²) in [6.45, 7) is 7.70. The summed E-state index contributed by atoms with van der Waals surface area (Å²) in [5, 5.41) is 3.36. The molecule has 0 aliphatic heterocycles. The van der Waals surface area contributed by atoms with E-state index >= 15 is 0 Å². The largest absolute Gasteiger partial charge is 0.325 e. The number of anilines is 1. The molecule has 100 valence electrons. The molecule has 0 atom stereocenters. The van der Waals surface area contributed by atoms with Crippen LogP contribution in [0.1, 0.15) is 26.3 Å². The van der Waals surface area contributed by atoms with Crippen LogP contribution in [0.25, 0.3) is 0 Å². The Morgan fingerprint density at radius 3 is 2.67 bits per heavy atom. The predicted octanol–water partition coefficient (Wildman–Crippen LogP) is 2.91. The van der Waals surface area contributed by atoms with Crippen molar-refractivity contribution in [3.05, 3.63) is 28.8 Å². The number of hydrogen-bond donors (Lipinski definition) is 2. The summed E-state index contributed by atoms with van der Waals surface area (Å²) in [4.78, 5) is 16.9. The van der Waals surface area contributed by atoms with Gasteiger partial charge in [-0.3, -0.25) is 9.63 Å². The van der Waals surface area contributed by atoms with Gasteiger partial charge in [0.05, 0.1) is 5.60 Å². The lowest BCUT2D eigenvalue weighted by Gasteiger charge is -2.19. The molecule has 0 aliphatic rings. The number of hydroxylamine groups is 1. The van der Waals surface area contributed by atoms with E-state index in [1.165, 1.54) is 0 Å². The third-order valence-electron chi connectivity index (χ3n) is 2.08. The molecular weight excluding hydrogens is 252 g/mol. The van der Waals surface area contributed by atoms with E-state index in [4.69, 9.17) is 16.4 Å². The molecule has 2 N–H and O–H groups in total. The van der Waals surface area contributed by atoms with Crippen molar-refractivity contribution in [3.8, 4) is 0 Å². The van der Waals surface area contributed by atoms with E-state index in [-0.39, 0.29) is 18.1 Å². The number of amides is 1. The Kier molecular flexibility index (Phi) is 5.14. The molecule has 0 aromatic heterocycles. The van der Waals surface area contributed by atoms with E-state index in [1.54, 1.807) is 12.1 Å². The van der Waals surface area contributed by atoms with Crippen LogP contribution in [0.3, 0.4) is 0 Å². The summed E-state index contributed by atoms with van der Waals surface area (Å²) in [6, 6.07) is 5.37. The third-order valence-corrected chi connectivity index (χ3v) is 2.32. The van der Waals surface area contributed by atoms with Crippen LogP contribution in [0.4, 0.5) is 5.69 Å². The van der Waals surface area contributed by atoms with E-state index in [9.17, 15) is 4.79 Å². The first-order valence-electron chi connectivity index (χ1n) is 5.75. The summed E-state index contributed by atoms with van der Waals surface area (Å²) in [6.07, 6.45) is 0. The van der Waals surface area contributed by atoms with Crippen LogP contribution in [0, 0.1) is 6.92 Å². The molecule has 0 saturated carbocycles. The molecule has 0 bridgehead atoms. The standard InChI is InChI=1S/C13H19ClN2O2/c1-9-5-6-10(14)7-11(9)16-12(17)8-15-18-13(2,3)4/h5-7,15H,8H2,1-4H3,(H,16,17). The maximum atomic E-state index is 11.7. The summed E-state index contributed by atoms with van der Waals surface area (Å²) < 4.78 is 0. The van der Waals surface area contributed by atoms with Crippen molar-refractivity contribution in [3.63, 3.8) is 0 Å². The summed E-state index contributed by atoms with van der Waals surface area (Å²) in [7, 11) is 0. The van der Waals surface area contributed by atoms with Crippen molar-refractivity contribution in [2.45, 2.75) is 33.3 Å². The Morgan fingerprint density at radius 2 is 2.06 bits per heavy atom. The first kappa shape index (κ1) is 15.0. The van der Waals surface area contributed by atoms with E-state index in [0.29, 0.717) is 10.7 Å². The highest BCUT2D eigenvalue weighted by molar-refractivity contribution is 6.31. The lowest BCUT2D eigenvalue weighted by atomic mass is 10.2. The van der Waals surface area contributed by atoms with Crippen molar-refractivity contribution in [2.75, 3.05) is 11.9 Å². The van der Waals surface area contributed by atoms with Gasteiger partial charge >= 0.3 is 0 Å². The Hall–Kier alpha value is -1.10. The van der Waals surface area contributed by atoms with Crippen LogP contribution in [0.15, 0.2) is 18.2 Å². The number of carbonyl (C=O) groups is 1. The molecular formula is C13H19ClN2O2. The molecule has 0 unspecified atom stereocenters. The van der Waals surface area contributed by atoms with E-state index < -0.39 is 0 Å². The van der Waals surface area contributed by atoms with Gasteiger partial charge < -0.3 is 5.32 Å². The molecule has 5 heteroatoms. The van der Waals surface area contributed by atoms with E-state index in [1.807, 2.05) is 33.8 Å². The molecule has 0 radical (unpaired) electrons. The van der Waals surface area contributed by atoms with Gasteiger partial charge in [-0.05, 0) is 45.4 Å². The van der Waals surface area contributed by atoms with Gasteiger partial charge in [-0.2, -0.15) is 5.48 Å². The Balaban J connectivity index is 2.47. The summed E-state index contributed by atoms with van der Waals surface area (Å²) >= 11 is 5.87. The Labute approximate surface area is 113 Å². The van der Waals surface area contributed by atoms with Gasteiger partial charge in [0, 0.05) is 10.7 Å². The van der Waals surface area contributed by atoms with Gasteiger partial charge in [-0.25, -0.2) is 0 Å². The van der Waals surface area contributed by atoms with Gasteiger partial charge in [0.15, 0.2) is 0 Å². The first-order valence-corrected chi connectivity index (χ1v) is 6.12. The first-order chi connectivity index (χ1) is 8.28. The predicted molar refractivity (Wildman–Crippen MR) is 73.7 cm³/mol. The maximum Gasteiger partial charge on any atom is 0.240 e. The van der Waals surface area contributed by atoms with Crippen LogP contribution in [-0.2, 0) is 9.63 Å². The van der Waals surface area contributed by atoms with Crippen molar-refractivity contribution in [1.29, 1.82) is 0 Å². The second-order valence-electron chi connectivity index (χ2n) is 5.04. The van der Waals surface area contributed by atoms with Crippen molar-refractivity contribution < 1.29 is 9.63 Å². The van der Waals surface area contributed by atoms with Gasteiger partial charge in [-0.15, -0.1) is 0 Å². The van der Waals surface area contributed by atoms with Crippen molar-refractivity contribution in [1.82, 2.24) is 5.48 Å². The Morgan fingerprint density at radius 1 is 1.39 bits per heavy atom. The molecule has 1 aromatic rings. The SMILES string of the molecule is Cc1ccc(Cl)cc1NC(=O)CNOC(C)(C)C. The lowest BCUT2D eigenvalue weighted by Crippen LogP contribution is -2.34. The van der Waals surface area contributed by atoms with Crippen LogP contribution in [-0.4, -0.2) is 18.1 Å². The third kappa shape index (κ3) is 5.49. The maximum absolute atomic E-state index is 11.7. The minimum Gasteiger partial charge on any atom is -0.325 e. The normalized spacial score (nSPS) is 11.4. The lowest BCUT2D eigenvalue weighted by molar-refractivity contribution is -0.122. The van der Waals surface area contributed by atoms with Gasteiger partial charge in [0.25, 0.3) is 0 Å². The van der Waals surface area contributed by atoms with Crippen LogP contribution in [0.5, 0.6) is 0 Å². The average Bonchev–Trinajstić information content (AvgIpc) is 2.21. The zero-order chi connectivity index (χ0) is 13.8. The van der Waals surface area contributed by atoms with Crippen molar-refractivity contribution in [2.24, 2.45) is 0 Å². The molecule has 0 spiro atoms. The molecule has 4 nitrogen and oxygen atoms in total. The van der Waals surface area contributed by atoms with Crippen LogP contribution < -0.4 is 10.8 Å². The second kappa shape index (κ2) is 6.18. The molecule has 0 fully saturated rings. The topological polar surface area (TPSA) is 50.4 Å². The molecule has 1 rings (SSSR count). The highest BCUT2D eigenvalue weighted by Gasteiger charge is 2.11. The van der Waals surface area contributed by atoms with Crippen LogP contribution >= 0.6 is 11.6 Å². The fourth-order valence-corrected chi connectivity index (χ4v) is 1.41. The van der Waals surface area contributed by atoms with Crippen LogP contribution in [0.2, 0.25) is 5.02 Å². The number of nitrogens with one attached hydrogen (secondary N) is 2. The number of halogens is 1. The minimum atomic E-state index is -0.327. The molecule has 18 heavy (non-hydrogen) atoms. The van der Waals surface area contributed by atoms with Gasteiger partial charge in [-0.1, -0.05) is 17.7 Å². The zero-order valence-electron chi connectivity index (χ0n) is 11.1. The average molecular weight is 271 g/mol. The van der Waals surface area contributed by atoms with Crippen molar-refractivity contribution >= 4 is 23.2 Å². The quantitative estimate of drug-likeness (QED) is 0.827. The summed E-state index contributed by atoms with van der Waals surface area (Å²) in [5.74, 6) is -0.176. The van der Waals surface area contributed by atoms with Gasteiger partial charge in [0.1, 0.15) is 6.54 Å². The summed E-state index contributed by atoms with van der Waals surface area (Å²) in [5.41, 5.74) is 3.98. The second-order valence-corrected chi connectivity index (χ2v) is 5.48. The highest BCUT2D eigenvalue weighted by Crippen LogP contribution is 2.19. The number of rotatable bonds is 4. The number of aryl methyl sites for hydroxylation is 1. The zero-order valence-corrected chi connectivity index (χ0v) is 11.9. The van der Waals surface area contributed by atoms with E-state index in [2.05, 4.69) is 10.8 Å². The monoisotopic (exact) mass is 270 g/mol. The fraction of sp³-hybridized carbons (Fsp3) is 0.462. The smallest absolute Gasteiger partial charge is 0.240 e. The molecule has 0 heterocycles. The molecule has 0 saturated heterocycles. The molecule has 1 amide bonds. The number of benzene rings is 1. The minimum absolute atomic E-state index is 0.0865. The number of carbonyl (C=O) groups excluding carboxylic acids is 1. The molecule has 0 aliphatic carbocycles. The van der Waals surface area contributed by atoms with Gasteiger partial charge in [0.2, 0.25) is 5.91 Å². The number of hydrogen-bond acceptors (Lipinski definition) is 3. The highest BCUT2D eigenvalue weighted by atomic mass is 35.5.